The van der Waals surface area contributed by atoms with Gasteiger partial charge in [-0.1, -0.05) is 29.8 Å². The van der Waals surface area contributed by atoms with E-state index < -0.39 is 17.4 Å². The summed E-state index contributed by atoms with van der Waals surface area (Å²) >= 11 is 0. The number of hydrogen-bond acceptors (Lipinski definition) is 4. The number of benzene rings is 2. The lowest BCUT2D eigenvalue weighted by Gasteiger charge is -2.21. The van der Waals surface area contributed by atoms with Crippen LogP contribution in [0, 0.1) is 6.92 Å². The van der Waals surface area contributed by atoms with Crippen LogP contribution in [0.1, 0.15) is 45.8 Å². The molecular formula is C25H26N2O5. The number of aryl methyl sites for hydroxylation is 1. The molecule has 2 aromatic carbocycles. The summed E-state index contributed by atoms with van der Waals surface area (Å²) in [4.78, 5) is 36.2. The van der Waals surface area contributed by atoms with Gasteiger partial charge in [-0.15, -0.1) is 0 Å². The molecule has 166 valence electrons. The van der Waals surface area contributed by atoms with Crippen molar-refractivity contribution < 1.29 is 24.2 Å². The van der Waals surface area contributed by atoms with Crippen LogP contribution in [0.4, 0.5) is 0 Å². The number of hydrogen-bond donors (Lipinski definition) is 2. The Kier molecular flexibility index (Phi) is 6.78. The zero-order chi connectivity index (χ0) is 23.3. The number of carbonyl (C=O) groups excluding carboxylic acids is 2. The van der Waals surface area contributed by atoms with Crippen LogP contribution in [0.15, 0.2) is 66.9 Å². The van der Waals surface area contributed by atoms with Crippen molar-refractivity contribution in [1.29, 1.82) is 0 Å². The average molecular weight is 434 g/mol. The fourth-order valence-electron chi connectivity index (χ4n) is 3.04. The highest BCUT2D eigenvalue weighted by Gasteiger charge is 2.29. The molecule has 32 heavy (non-hydrogen) atoms. The number of carboxylic acid groups (broad SMARTS) is 1. The van der Waals surface area contributed by atoms with Crippen LogP contribution >= 0.6 is 0 Å². The molecule has 3 aromatic rings. The molecule has 0 atom stereocenters. The van der Waals surface area contributed by atoms with Crippen molar-refractivity contribution in [3.63, 3.8) is 0 Å². The van der Waals surface area contributed by atoms with Crippen molar-refractivity contribution >= 4 is 17.7 Å². The summed E-state index contributed by atoms with van der Waals surface area (Å²) in [6.45, 7) is 5.63. The molecule has 0 aliphatic heterocycles. The number of carboxylic acids is 1. The molecule has 1 amide bonds. The van der Waals surface area contributed by atoms with Gasteiger partial charge in [0.25, 0.3) is 5.91 Å². The maximum Gasteiger partial charge on any atom is 0.328 e. The molecule has 1 aromatic heterocycles. The third-order valence-corrected chi connectivity index (χ3v) is 5.05. The Morgan fingerprint density at radius 2 is 1.59 bits per heavy atom. The van der Waals surface area contributed by atoms with E-state index in [1.807, 2.05) is 48.0 Å². The molecule has 0 radical (unpaired) electrons. The van der Waals surface area contributed by atoms with E-state index in [4.69, 9.17) is 9.84 Å². The number of ketones is 1. The van der Waals surface area contributed by atoms with Gasteiger partial charge < -0.3 is 19.7 Å². The van der Waals surface area contributed by atoms with Gasteiger partial charge in [0.15, 0.2) is 0 Å². The van der Waals surface area contributed by atoms with Gasteiger partial charge in [-0.25, -0.2) is 4.79 Å². The van der Waals surface area contributed by atoms with Crippen LogP contribution in [0.5, 0.6) is 5.75 Å². The zero-order valence-electron chi connectivity index (χ0n) is 18.3. The van der Waals surface area contributed by atoms with Crippen molar-refractivity contribution in [1.82, 2.24) is 9.88 Å². The third-order valence-electron chi connectivity index (χ3n) is 5.05. The van der Waals surface area contributed by atoms with Crippen LogP contribution in [0.25, 0.3) is 0 Å². The molecule has 3 rings (SSSR count). The van der Waals surface area contributed by atoms with Gasteiger partial charge >= 0.3 is 5.97 Å². The molecule has 0 aliphatic rings. The molecule has 0 unspecified atom stereocenters. The first-order chi connectivity index (χ1) is 15.2. The monoisotopic (exact) mass is 434 g/mol. The smallest absolute Gasteiger partial charge is 0.328 e. The highest BCUT2D eigenvalue weighted by molar-refractivity contribution is 6.08. The number of nitrogens with zero attached hydrogens (tertiary/aromatic N) is 1. The summed E-state index contributed by atoms with van der Waals surface area (Å²) in [7, 11) is 0. The topological polar surface area (TPSA) is 97.6 Å². The van der Waals surface area contributed by atoms with Gasteiger partial charge in [0.2, 0.25) is 5.78 Å². The van der Waals surface area contributed by atoms with Crippen LogP contribution in [-0.4, -0.2) is 39.5 Å². The number of rotatable bonds is 9. The van der Waals surface area contributed by atoms with E-state index in [2.05, 4.69) is 5.32 Å². The lowest BCUT2D eigenvalue weighted by Crippen LogP contribution is -2.49. The van der Waals surface area contributed by atoms with E-state index in [0.29, 0.717) is 35.7 Å². The minimum Gasteiger partial charge on any atom is -0.492 e. The molecule has 1 heterocycles. The van der Waals surface area contributed by atoms with E-state index in [-0.39, 0.29) is 5.78 Å². The summed E-state index contributed by atoms with van der Waals surface area (Å²) in [5.74, 6) is -1.07. The first-order valence-electron chi connectivity index (χ1n) is 10.2. The molecule has 0 spiro atoms. The molecule has 0 fully saturated rings. The minimum atomic E-state index is -1.36. The Labute approximate surface area is 186 Å². The average Bonchev–Trinajstić information content (AvgIpc) is 3.22. The predicted octanol–water partition coefficient (Wildman–Crippen LogP) is 3.70. The van der Waals surface area contributed by atoms with Crippen molar-refractivity contribution in [2.75, 3.05) is 6.61 Å². The van der Waals surface area contributed by atoms with Gasteiger partial charge in [-0.2, -0.15) is 0 Å². The second-order valence-electron chi connectivity index (χ2n) is 8.04. The summed E-state index contributed by atoms with van der Waals surface area (Å²) in [6.07, 6.45) is 1.84. The van der Waals surface area contributed by atoms with E-state index in [1.165, 1.54) is 13.8 Å². The number of aromatic nitrogens is 1. The quantitative estimate of drug-likeness (QED) is 0.501. The first kappa shape index (κ1) is 22.8. The molecule has 7 heteroatoms. The van der Waals surface area contributed by atoms with E-state index in [1.54, 1.807) is 30.3 Å². The second kappa shape index (κ2) is 9.51. The third kappa shape index (κ3) is 5.43. The molecule has 0 saturated carbocycles. The van der Waals surface area contributed by atoms with Crippen LogP contribution in [0.2, 0.25) is 0 Å². The van der Waals surface area contributed by atoms with E-state index in [9.17, 15) is 14.4 Å². The highest BCUT2D eigenvalue weighted by Crippen LogP contribution is 2.15. The molecule has 0 bridgehead atoms. The molecule has 7 nitrogen and oxygen atoms in total. The summed E-state index contributed by atoms with van der Waals surface area (Å²) in [5.41, 5.74) is 1.29. The number of aliphatic carboxylic acids is 1. The van der Waals surface area contributed by atoms with E-state index >= 15 is 0 Å². The largest absolute Gasteiger partial charge is 0.492 e. The molecule has 0 aliphatic carbocycles. The van der Waals surface area contributed by atoms with Crippen molar-refractivity contribution in [2.24, 2.45) is 0 Å². The second-order valence-corrected chi connectivity index (χ2v) is 8.04. The molecule has 2 N–H and O–H groups in total. The maximum absolute atomic E-state index is 12.8. The van der Waals surface area contributed by atoms with E-state index in [0.717, 1.165) is 5.56 Å². The Hall–Kier alpha value is -3.87. The lowest BCUT2D eigenvalue weighted by atomic mass is 10.1. The van der Waals surface area contributed by atoms with Crippen LogP contribution < -0.4 is 10.1 Å². The fourth-order valence-corrected chi connectivity index (χ4v) is 3.04. The standard InChI is InChI=1S/C25H26N2O5/c1-17-6-8-18(9-7-17)22(28)21-5-4-14-27(21)15-16-32-20-12-10-19(11-13-20)23(29)26-25(2,3)24(30)31/h4-14H,15-16H2,1-3H3,(H,26,29)(H,30,31). The van der Waals surface area contributed by atoms with Crippen LogP contribution in [0.3, 0.4) is 0 Å². The lowest BCUT2D eigenvalue weighted by molar-refractivity contribution is -0.143. The van der Waals surface area contributed by atoms with Crippen molar-refractivity contribution in [2.45, 2.75) is 32.9 Å². The van der Waals surface area contributed by atoms with Crippen molar-refractivity contribution in [3.05, 3.63) is 89.2 Å². The first-order valence-corrected chi connectivity index (χ1v) is 10.2. The number of ether oxygens (including phenoxy) is 1. The van der Waals surface area contributed by atoms with Gasteiger partial charge in [-0.05, 0) is 57.2 Å². The summed E-state index contributed by atoms with van der Waals surface area (Å²) < 4.78 is 7.60. The molecule has 0 saturated heterocycles. The number of nitrogens with one attached hydrogen (secondary N) is 1. The summed E-state index contributed by atoms with van der Waals surface area (Å²) in [6, 6.07) is 17.5. The number of carbonyl (C=O) groups is 3. The zero-order valence-corrected chi connectivity index (χ0v) is 18.3. The Balaban J connectivity index is 1.57. The minimum absolute atomic E-state index is 0.0466. The Morgan fingerprint density at radius 3 is 2.22 bits per heavy atom. The van der Waals surface area contributed by atoms with Gasteiger partial charge in [-0.3, -0.25) is 9.59 Å². The van der Waals surface area contributed by atoms with Gasteiger partial charge in [0.05, 0.1) is 12.2 Å². The molecular weight excluding hydrogens is 408 g/mol. The normalized spacial score (nSPS) is 11.1. The SMILES string of the molecule is Cc1ccc(C(=O)c2cccn2CCOc2ccc(C(=O)NC(C)(C)C(=O)O)cc2)cc1. The Morgan fingerprint density at radius 1 is 0.969 bits per heavy atom. The van der Waals surface area contributed by atoms with Gasteiger partial charge in [0.1, 0.15) is 17.9 Å². The van der Waals surface area contributed by atoms with Crippen molar-refractivity contribution in [3.8, 4) is 5.75 Å². The Bertz CT molecular complexity index is 1110. The van der Waals surface area contributed by atoms with Crippen LogP contribution in [-0.2, 0) is 11.3 Å². The summed E-state index contributed by atoms with van der Waals surface area (Å²) in [5, 5.41) is 11.6. The van der Waals surface area contributed by atoms with Gasteiger partial charge in [0, 0.05) is 17.3 Å². The number of amides is 1. The predicted molar refractivity (Wildman–Crippen MR) is 120 cm³/mol. The highest BCUT2D eigenvalue weighted by atomic mass is 16.5. The fraction of sp³-hybridized carbons (Fsp3) is 0.240. The maximum atomic E-state index is 12.8.